The van der Waals surface area contributed by atoms with Crippen molar-refractivity contribution in [2.24, 2.45) is 17.3 Å². The molecular formula is C15H22O3. The highest BCUT2D eigenvalue weighted by atomic mass is 16.7. The molecule has 1 spiro atoms. The molecule has 100 valence electrons. The molecule has 3 heteroatoms. The van der Waals surface area contributed by atoms with Crippen LogP contribution >= 0.6 is 0 Å². The molecule has 2 atom stereocenters. The number of fused-ring (bicyclic) bond motifs is 2. The van der Waals surface area contributed by atoms with Crippen molar-refractivity contribution in [3.63, 3.8) is 0 Å². The lowest BCUT2D eigenvalue weighted by molar-refractivity contribution is -0.334. The molecule has 1 saturated carbocycles. The predicted octanol–water partition coefficient (Wildman–Crippen LogP) is 2.70. The van der Waals surface area contributed by atoms with Crippen molar-refractivity contribution < 1.29 is 14.3 Å². The number of ether oxygens (including phenoxy) is 2. The standard InChI is InChI=1S/C15H22O3/c1-14(2)9-17-15(18-10-14)8-7-13(16)11-5-3-4-6-12(11)15/h3-4,11-12H,5-10H2,1-2H3/t11-,12-/m0/s1. The molecule has 1 heterocycles. The number of allylic oxidation sites excluding steroid dienone is 2. The third-order valence-corrected chi connectivity index (χ3v) is 4.55. The highest BCUT2D eigenvalue weighted by Gasteiger charge is 2.53. The molecule has 0 amide bonds. The Kier molecular flexibility index (Phi) is 2.87. The lowest BCUT2D eigenvalue weighted by atomic mass is 9.68. The summed E-state index contributed by atoms with van der Waals surface area (Å²) in [6.07, 6.45) is 7.42. The maximum absolute atomic E-state index is 12.0. The third-order valence-electron chi connectivity index (χ3n) is 4.55. The maximum atomic E-state index is 12.0. The van der Waals surface area contributed by atoms with Gasteiger partial charge in [-0.1, -0.05) is 26.0 Å². The highest BCUT2D eigenvalue weighted by Crippen LogP contribution is 2.48. The molecule has 1 aliphatic heterocycles. The molecule has 0 aromatic carbocycles. The molecule has 0 radical (unpaired) electrons. The second-order valence-corrected chi connectivity index (χ2v) is 6.68. The fraction of sp³-hybridized carbons (Fsp3) is 0.800. The van der Waals surface area contributed by atoms with Crippen LogP contribution in [-0.2, 0) is 14.3 Å². The van der Waals surface area contributed by atoms with Gasteiger partial charge in [0.05, 0.1) is 13.2 Å². The first-order chi connectivity index (χ1) is 8.53. The Balaban J connectivity index is 1.84. The first kappa shape index (κ1) is 12.4. The Labute approximate surface area is 109 Å². The van der Waals surface area contributed by atoms with Gasteiger partial charge in [-0.2, -0.15) is 0 Å². The molecule has 3 rings (SSSR count). The molecule has 0 aromatic rings. The van der Waals surface area contributed by atoms with Gasteiger partial charge in [0.25, 0.3) is 0 Å². The fourth-order valence-electron chi connectivity index (χ4n) is 3.40. The summed E-state index contributed by atoms with van der Waals surface area (Å²) in [5.74, 6) is 0.246. The number of hydrogen-bond donors (Lipinski definition) is 0. The van der Waals surface area contributed by atoms with E-state index in [-0.39, 0.29) is 17.3 Å². The Bertz CT molecular complexity index is 373. The van der Waals surface area contributed by atoms with Gasteiger partial charge in [0, 0.05) is 30.1 Å². The summed E-state index contributed by atoms with van der Waals surface area (Å²) >= 11 is 0. The topological polar surface area (TPSA) is 35.5 Å². The molecule has 2 fully saturated rings. The van der Waals surface area contributed by atoms with Crippen molar-refractivity contribution in [1.82, 2.24) is 0 Å². The molecule has 2 aliphatic carbocycles. The predicted molar refractivity (Wildman–Crippen MR) is 68.0 cm³/mol. The zero-order valence-electron chi connectivity index (χ0n) is 11.3. The summed E-state index contributed by atoms with van der Waals surface area (Å²) in [4.78, 5) is 12.0. The van der Waals surface area contributed by atoms with Gasteiger partial charge in [0.1, 0.15) is 5.78 Å². The van der Waals surface area contributed by atoms with Crippen LogP contribution in [0.1, 0.15) is 39.5 Å². The number of rotatable bonds is 0. The fourth-order valence-corrected chi connectivity index (χ4v) is 3.40. The van der Waals surface area contributed by atoms with Crippen molar-refractivity contribution in [3.05, 3.63) is 12.2 Å². The van der Waals surface area contributed by atoms with Crippen LogP contribution < -0.4 is 0 Å². The lowest BCUT2D eigenvalue weighted by Gasteiger charge is -2.52. The van der Waals surface area contributed by atoms with E-state index >= 15 is 0 Å². The van der Waals surface area contributed by atoms with Crippen LogP contribution in [0.5, 0.6) is 0 Å². The van der Waals surface area contributed by atoms with E-state index < -0.39 is 5.79 Å². The van der Waals surface area contributed by atoms with Gasteiger partial charge < -0.3 is 9.47 Å². The van der Waals surface area contributed by atoms with Crippen LogP contribution in [0, 0.1) is 17.3 Å². The second kappa shape index (κ2) is 4.17. The van der Waals surface area contributed by atoms with Gasteiger partial charge in [-0.15, -0.1) is 0 Å². The summed E-state index contributed by atoms with van der Waals surface area (Å²) in [6.45, 7) is 5.78. The van der Waals surface area contributed by atoms with Gasteiger partial charge >= 0.3 is 0 Å². The summed E-state index contributed by atoms with van der Waals surface area (Å²) in [7, 11) is 0. The summed E-state index contributed by atoms with van der Waals surface area (Å²) < 4.78 is 12.3. The average molecular weight is 250 g/mol. The van der Waals surface area contributed by atoms with Crippen LogP contribution in [0.15, 0.2) is 12.2 Å². The summed E-state index contributed by atoms with van der Waals surface area (Å²) in [6, 6.07) is 0. The Morgan fingerprint density at radius 3 is 2.56 bits per heavy atom. The van der Waals surface area contributed by atoms with Crippen LogP contribution in [0.4, 0.5) is 0 Å². The molecule has 0 bridgehead atoms. The Morgan fingerprint density at radius 1 is 1.17 bits per heavy atom. The van der Waals surface area contributed by atoms with Gasteiger partial charge in [-0.25, -0.2) is 0 Å². The van der Waals surface area contributed by atoms with Crippen molar-refractivity contribution in [3.8, 4) is 0 Å². The van der Waals surface area contributed by atoms with E-state index in [0.29, 0.717) is 12.2 Å². The van der Waals surface area contributed by atoms with Crippen LogP contribution in [0.25, 0.3) is 0 Å². The van der Waals surface area contributed by atoms with Gasteiger partial charge in [-0.05, 0) is 12.8 Å². The number of carbonyl (C=O) groups excluding carboxylic acids is 1. The number of ketones is 1. The van der Waals surface area contributed by atoms with Crippen molar-refractivity contribution >= 4 is 5.78 Å². The zero-order chi connectivity index (χ0) is 12.8. The van der Waals surface area contributed by atoms with E-state index in [9.17, 15) is 4.79 Å². The van der Waals surface area contributed by atoms with E-state index in [1.165, 1.54) is 0 Å². The van der Waals surface area contributed by atoms with Gasteiger partial charge in [0.2, 0.25) is 0 Å². The van der Waals surface area contributed by atoms with Crippen molar-refractivity contribution in [1.29, 1.82) is 0 Å². The van der Waals surface area contributed by atoms with Crippen LogP contribution in [-0.4, -0.2) is 24.8 Å². The zero-order valence-corrected chi connectivity index (χ0v) is 11.3. The lowest BCUT2D eigenvalue weighted by Crippen LogP contribution is -2.57. The minimum Gasteiger partial charge on any atom is -0.349 e. The number of carbonyl (C=O) groups is 1. The molecular weight excluding hydrogens is 228 g/mol. The quantitative estimate of drug-likeness (QED) is 0.620. The van der Waals surface area contributed by atoms with E-state index in [0.717, 1.165) is 32.5 Å². The number of Topliss-reactive ketones (excluding diaryl/α,β-unsaturated/α-hetero) is 1. The SMILES string of the molecule is CC1(C)COC2(CCC(=O)[C@H]3CC=CC[C@@H]32)OC1. The number of hydrogen-bond acceptors (Lipinski definition) is 3. The Morgan fingerprint density at radius 2 is 1.83 bits per heavy atom. The third kappa shape index (κ3) is 1.94. The molecule has 3 aliphatic rings. The van der Waals surface area contributed by atoms with Crippen LogP contribution in [0.3, 0.4) is 0 Å². The minimum atomic E-state index is -0.487. The van der Waals surface area contributed by atoms with Crippen molar-refractivity contribution in [2.45, 2.75) is 45.3 Å². The van der Waals surface area contributed by atoms with Gasteiger partial charge in [0.15, 0.2) is 5.79 Å². The smallest absolute Gasteiger partial charge is 0.172 e. The summed E-state index contributed by atoms with van der Waals surface area (Å²) in [5, 5.41) is 0. The van der Waals surface area contributed by atoms with Crippen molar-refractivity contribution in [2.75, 3.05) is 13.2 Å². The first-order valence-corrected chi connectivity index (χ1v) is 6.98. The average Bonchev–Trinajstić information content (AvgIpc) is 2.37. The normalized spacial score (nSPS) is 37.6. The molecule has 18 heavy (non-hydrogen) atoms. The summed E-state index contributed by atoms with van der Waals surface area (Å²) in [5.41, 5.74) is 0.0900. The molecule has 1 saturated heterocycles. The minimum absolute atomic E-state index is 0.0900. The molecule has 3 nitrogen and oxygen atoms in total. The van der Waals surface area contributed by atoms with E-state index in [1.54, 1.807) is 0 Å². The molecule has 0 unspecified atom stereocenters. The van der Waals surface area contributed by atoms with Gasteiger partial charge in [-0.3, -0.25) is 4.79 Å². The molecule has 0 aromatic heterocycles. The first-order valence-electron chi connectivity index (χ1n) is 6.98. The van der Waals surface area contributed by atoms with E-state index in [2.05, 4.69) is 26.0 Å². The monoisotopic (exact) mass is 250 g/mol. The maximum Gasteiger partial charge on any atom is 0.172 e. The highest BCUT2D eigenvalue weighted by molar-refractivity contribution is 5.82. The van der Waals surface area contributed by atoms with E-state index in [1.807, 2.05) is 0 Å². The molecule has 0 N–H and O–H groups in total. The van der Waals surface area contributed by atoms with E-state index in [4.69, 9.17) is 9.47 Å². The Hall–Kier alpha value is -0.670. The second-order valence-electron chi connectivity index (χ2n) is 6.68. The largest absolute Gasteiger partial charge is 0.349 e. The van der Waals surface area contributed by atoms with Crippen LogP contribution in [0.2, 0.25) is 0 Å².